The molecule has 0 saturated heterocycles. The number of nitrogens with zero attached hydrogens (tertiary/aromatic N) is 2. The highest BCUT2D eigenvalue weighted by molar-refractivity contribution is 6.30. The predicted octanol–water partition coefficient (Wildman–Crippen LogP) is 6.12. The minimum Gasteiger partial charge on any atom is -0.340 e. The third-order valence-corrected chi connectivity index (χ3v) is 5.16. The Bertz CT molecular complexity index is 1220. The monoisotopic (exact) mass is 471 g/mol. The minimum atomic E-state index is -4.48. The summed E-state index contributed by atoms with van der Waals surface area (Å²) >= 11 is 5.92. The van der Waals surface area contributed by atoms with Crippen molar-refractivity contribution in [2.45, 2.75) is 18.6 Å². The van der Waals surface area contributed by atoms with E-state index in [0.717, 1.165) is 29.8 Å². The molecule has 1 heterocycles. The lowest BCUT2D eigenvalue weighted by molar-refractivity contribution is -0.137. The number of carbonyl (C=O) groups is 1. The van der Waals surface area contributed by atoms with Gasteiger partial charge < -0.3 is 9.84 Å². The molecular weight excluding hydrogens is 455 g/mol. The van der Waals surface area contributed by atoms with Gasteiger partial charge in [-0.1, -0.05) is 47.1 Å². The normalized spacial score (nSPS) is 12.4. The van der Waals surface area contributed by atoms with Crippen molar-refractivity contribution in [1.29, 1.82) is 0 Å². The fourth-order valence-electron chi connectivity index (χ4n) is 3.19. The van der Waals surface area contributed by atoms with Crippen LogP contribution in [0.4, 0.5) is 13.2 Å². The average Bonchev–Trinajstić information content (AvgIpc) is 3.29. The van der Waals surface area contributed by atoms with Crippen LogP contribution in [0.5, 0.6) is 0 Å². The van der Waals surface area contributed by atoms with Gasteiger partial charge in [-0.25, -0.2) is 0 Å². The Morgan fingerprint density at radius 2 is 1.64 bits per heavy atom. The second kappa shape index (κ2) is 9.46. The lowest BCUT2D eigenvalue weighted by Gasteiger charge is -2.16. The van der Waals surface area contributed by atoms with Crippen LogP contribution >= 0.6 is 11.6 Å². The lowest BCUT2D eigenvalue weighted by Crippen LogP contribution is -2.30. The van der Waals surface area contributed by atoms with Gasteiger partial charge in [0, 0.05) is 22.6 Å². The first kappa shape index (κ1) is 22.5. The van der Waals surface area contributed by atoms with E-state index < -0.39 is 23.7 Å². The number of hydrogen-bond donors (Lipinski definition) is 1. The molecule has 1 aromatic heterocycles. The largest absolute Gasteiger partial charge is 0.416 e. The standard InChI is InChI=1S/C24H17ClF3N3O2/c25-19-12-8-16(9-13-19)21-30-23(33-31-21)20(14-15-4-2-1-3-5-15)29-22(32)17-6-10-18(11-7-17)24(26,27)28/h1-13,20H,14H2,(H,29,32)/t20-/m0/s1. The maximum absolute atomic E-state index is 12.8. The Labute approximate surface area is 192 Å². The van der Waals surface area contributed by atoms with Gasteiger partial charge in [-0.3, -0.25) is 4.79 Å². The van der Waals surface area contributed by atoms with Crippen LogP contribution in [0.15, 0.2) is 83.4 Å². The van der Waals surface area contributed by atoms with Gasteiger partial charge in [-0.15, -0.1) is 0 Å². The maximum Gasteiger partial charge on any atom is 0.416 e. The molecule has 3 aromatic carbocycles. The van der Waals surface area contributed by atoms with Crippen molar-refractivity contribution in [3.63, 3.8) is 0 Å². The van der Waals surface area contributed by atoms with Gasteiger partial charge in [-0.2, -0.15) is 18.2 Å². The van der Waals surface area contributed by atoms with Gasteiger partial charge in [0.2, 0.25) is 11.7 Å². The van der Waals surface area contributed by atoms with E-state index in [0.29, 0.717) is 22.8 Å². The second-order valence-electron chi connectivity index (χ2n) is 7.25. The summed E-state index contributed by atoms with van der Waals surface area (Å²) in [6.45, 7) is 0. The maximum atomic E-state index is 12.8. The molecule has 4 rings (SSSR count). The van der Waals surface area contributed by atoms with E-state index in [9.17, 15) is 18.0 Å². The molecule has 0 spiro atoms. The van der Waals surface area contributed by atoms with E-state index in [1.165, 1.54) is 0 Å². The van der Waals surface area contributed by atoms with Crippen molar-refractivity contribution in [3.05, 3.63) is 106 Å². The zero-order chi connectivity index (χ0) is 23.4. The molecule has 0 aliphatic carbocycles. The molecule has 9 heteroatoms. The van der Waals surface area contributed by atoms with E-state index in [1.54, 1.807) is 24.3 Å². The van der Waals surface area contributed by atoms with E-state index in [4.69, 9.17) is 16.1 Å². The van der Waals surface area contributed by atoms with Crippen LogP contribution in [0.3, 0.4) is 0 Å². The second-order valence-corrected chi connectivity index (χ2v) is 7.69. The van der Waals surface area contributed by atoms with Gasteiger partial charge >= 0.3 is 6.18 Å². The molecule has 1 N–H and O–H groups in total. The number of halogens is 4. The topological polar surface area (TPSA) is 68.0 Å². The first-order chi connectivity index (χ1) is 15.8. The molecule has 0 saturated carbocycles. The highest BCUT2D eigenvalue weighted by atomic mass is 35.5. The summed E-state index contributed by atoms with van der Waals surface area (Å²) in [6, 6.07) is 19.5. The summed E-state index contributed by atoms with van der Waals surface area (Å²) in [5.74, 6) is -0.0662. The zero-order valence-electron chi connectivity index (χ0n) is 17.0. The summed E-state index contributed by atoms with van der Waals surface area (Å²) < 4.78 is 43.9. The number of aromatic nitrogens is 2. The molecule has 0 bridgehead atoms. The Morgan fingerprint density at radius 1 is 0.970 bits per heavy atom. The molecule has 0 unspecified atom stereocenters. The molecular formula is C24H17ClF3N3O2. The predicted molar refractivity (Wildman–Crippen MR) is 117 cm³/mol. The Balaban J connectivity index is 1.59. The van der Waals surface area contributed by atoms with E-state index in [1.807, 2.05) is 30.3 Å². The summed E-state index contributed by atoms with van der Waals surface area (Å²) in [6.07, 6.45) is -4.14. The first-order valence-corrected chi connectivity index (χ1v) is 10.3. The lowest BCUT2D eigenvalue weighted by atomic mass is 10.0. The quantitative estimate of drug-likeness (QED) is 0.367. The molecule has 0 aliphatic heterocycles. The van der Waals surface area contributed by atoms with Crippen LogP contribution < -0.4 is 5.32 Å². The van der Waals surface area contributed by atoms with Gasteiger partial charge in [0.1, 0.15) is 6.04 Å². The highest BCUT2D eigenvalue weighted by Crippen LogP contribution is 2.29. The van der Waals surface area contributed by atoms with Crippen molar-refractivity contribution in [2.24, 2.45) is 0 Å². The summed E-state index contributed by atoms with van der Waals surface area (Å²) in [5, 5.41) is 7.35. The van der Waals surface area contributed by atoms with Crippen molar-refractivity contribution >= 4 is 17.5 Å². The Kier molecular flexibility index (Phi) is 6.46. The van der Waals surface area contributed by atoms with Crippen molar-refractivity contribution in [3.8, 4) is 11.4 Å². The van der Waals surface area contributed by atoms with Crippen LogP contribution in [0.2, 0.25) is 5.02 Å². The number of rotatable bonds is 6. The number of nitrogens with one attached hydrogen (secondary N) is 1. The van der Waals surface area contributed by atoms with Gasteiger partial charge in [0.15, 0.2) is 0 Å². The van der Waals surface area contributed by atoms with Gasteiger partial charge in [-0.05, 0) is 54.1 Å². The third-order valence-electron chi connectivity index (χ3n) is 4.90. The molecule has 0 fully saturated rings. The Hall–Kier alpha value is -3.65. The van der Waals surface area contributed by atoms with E-state index in [2.05, 4.69) is 15.5 Å². The van der Waals surface area contributed by atoms with Crippen LogP contribution in [0.1, 0.15) is 33.4 Å². The highest BCUT2D eigenvalue weighted by Gasteiger charge is 2.30. The summed E-state index contributed by atoms with van der Waals surface area (Å²) in [5.41, 5.74) is 0.839. The molecule has 0 aliphatic rings. The molecule has 4 aromatic rings. The molecule has 5 nitrogen and oxygen atoms in total. The number of hydrogen-bond acceptors (Lipinski definition) is 4. The fourth-order valence-corrected chi connectivity index (χ4v) is 3.32. The van der Waals surface area contributed by atoms with Crippen LogP contribution in [0, 0.1) is 0 Å². The number of carbonyl (C=O) groups excluding carboxylic acids is 1. The molecule has 1 amide bonds. The van der Waals surface area contributed by atoms with Crippen molar-refractivity contribution in [1.82, 2.24) is 15.5 Å². The molecule has 0 radical (unpaired) electrons. The van der Waals surface area contributed by atoms with Crippen molar-refractivity contribution < 1.29 is 22.5 Å². The van der Waals surface area contributed by atoms with E-state index in [-0.39, 0.29) is 11.5 Å². The molecule has 168 valence electrons. The summed E-state index contributed by atoms with van der Waals surface area (Å²) in [4.78, 5) is 17.2. The van der Waals surface area contributed by atoms with Gasteiger partial charge in [0.25, 0.3) is 5.91 Å². The van der Waals surface area contributed by atoms with Crippen LogP contribution in [-0.4, -0.2) is 16.0 Å². The number of alkyl halides is 3. The fraction of sp³-hybridized carbons (Fsp3) is 0.125. The van der Waals surface area contributed by atoms with Crippen LogP contribution in [0.25, 0.3) is 11.4 Å². The Morgan fingerprint density at radius 3 is 2.27 bits per heavy atom. The number of amides is 1. The molecule has 1 atom stereocenters. The summed E-state index contributed by atoms with van der Waals surface area (Å²) in [7, 11) is 0. The smallest absolute Gasteiger partial charge is 0.340 e. The third kappa shape index (κ3) is 5.59. The van der Waals surface area contributed by atoms with E-state index >= 15 is 0 Å². The van der Waals surface area contributed by atoms with Gasteiger partial charge in [0.05, 0.1) is 5.56 Å². The minimum absolute atomic E-state index is 0.0819. The average molecular weight is 472 g/mol. The SMILES string of the molecule is O=C(N[C@@H](Cc1ccccc1)c1nc(-c2ccc(Cl)cc2)no1)c1ccc(C(F)(F)F)cc1. The number of benzene rings is 3. The van der Waals surface area contributed by atoms with Crippen LogP contribution in [-0.2, 0) is 12.6 Å². The molecule has 33 heavy (non-hydrogen) atoms. The zero-order valence-corrected chi connectivity index (χ0v) is 17.8. The van der Waals surface area contributed by atoms with Crippen molar-refractivity contribution in [2.75, 3.05) is 0 Å². The first-order valence-electron chi connectivity index (χ1n) is 9.91.